The largest absolute Gasteiger partial charge is 0.465 e. The Kier molecular flexibility index (Phi) is 5.62. The fourth-order valence-corrected chi connectivity index (χ4v) is 4.16. The van der Waals surface area contributed by atoms with E-state index in [4.69, 9.17) is 4.74 Å². The lowest BCUT2D eigenvalue weighted by atomic mass is 10.2. The Labute approximate surface area is 160 Å². The number of thiophene rings is 1. The van der Waals surface area contributed by atoms with E-state index in [2.05, 4.69) is 26.2 Å². The first-order chi connectivity index (χ1) is 12.1. The van der Waals surface area contributed by atoms with Crippen LogP contribution in [0.25, 0.3) is 10.6 Å². The van der Waals surface area contributed by atoms with Gasteiger partial charge in [-0.25, -0.2) is 9.78 Å². The number of esters is 1. The Morgan fingerprint density at radius 1 is 1.28 bits per heavy atom. The van der Waals surface area contributed by atoms with Crippen LogP contribution in [0.5, 0.6) is 0 Å². The SMILES string of the molecule is COC(=O)c1ccsc1NC(=O)Cc1csc(-c2cccc(Br)c2)n1. The minimum absolute atomic E-state index is 0.142. The molecule has 1 N–H and O–H groups in total. The van der Waals surface area contributed by atoms with E-state index in [0.29, 0.717) is 16.3 Å². The first kappa shape index (κ1) is 17.8. The van der Waals surface area contributed by atoms with Crippen LogP contribution in [-0.4, -0.2) is 24.0 Å². The van der Waals surface area contributed by atoms with Crippen molar-refractivity contribution in [2.45, 2.75) is 6.42 Å². The van der Waals surface area contributed by atoms with Gasteiger partial charge in [-0.05, 0) is 23.6 Å². The summed E-state index contributed by atoms with van der Waals surface area (Å²) in [4.78, 5) is 28.4. The highest BCUT2D eigenvalue weighted by atomic mass is 79.9. The Morgan fingerprint density at radius 2 is 2.12 bits per heavy atom. The predicted octanol–water partition coefficient (Wildman–Crippen LogP) is 4.60. The summed E-state index contributed by atoms with van der Waals surface area (Å²) in [7, 11) is 1.31. The number of rotatable bonds is 5. The Hall–Kier alpha value is -2.03. The monoisotopic (exact) mass is 436 g/mol. The molecule has 0 bridgehead atoms. The number of halogens is 1. The van der Waals surface area contributed by atoms with Gasteiger partial charge in [-0.15, -0.1) is 22.7 Å². The number of carbonyl (C=O) groups excluding carboxylic acids is 2. The summed E-state index contributed by atoms with van der Waals surface area (Å²) in [6.07, 6.45) is 0.142. The number of nitrogens with one attached hydrogen (secondary N) is 1. The summed E-state index contributed by atoms with van der Waals surface area (Å²) in [5.74, 6) is -0.694. The van der Waals surface area contributed by atoms with Crippen molar-refractivity contribution < 1.29 is 14.3 Å². The van der Waals surface area contributed by atoms with Gasteiger partial charge in [0.15, 0.2) is 0 Å². The van der Waals surface area contributed by atoms with Gasteiger partial charge in [0.05, 0.1) is 24.8 Å². The Bertz CT molecular complexity index is 920. The number of carbonyl (C=O) groups is 2. The lowest BCUT2D eigenvalue weighted by Crippen LogP contribution is -2.16. The Morgan fingerprint density at radius 3 is 2.88 bits per heavy atom. The van der Waals surface area contributed by atoms with Gasteiger partial charge in [0.1, 0.15) is 10.0 Å². The van der Waals surface area contributed by atoms with Crippen LogP contribution in [0.15, 0.2) is 45.6 Å². The fraction of sp³-hybridized carbons (Fsp3) is 0.118. The molecule has 1 aromatic carbocycles. The normalized spacial score (nSPS) is 10.5. The zero-order valence-corrected chi connectivity index (χ0v) is 16.3. The molecule has 0 atom stereocenters. The maximum Gasteiger partial charge on any atom is 0.340 e. The third-order valence-electron chi connectivity index (χ3n) is 3.29. The second-order valence-corrected chi connectivity index (χ2v) is 7.72. The van der Waals surface area contributed by atoms with Crippen LogP contribution in [-0.2, 0) is 16.0 Å². The first-order valence-corrected chi connectivity index (χ1v) is 9.78. The van der Waals surface area contributed by atoms with Crippen molar-refractivity contribution in [3.63, 3.8) is 0 Å². The van der Waals surface area contributed by atoms with Gasteiger partial charge in [-0.1, -0.05) is 28.1 Å². The molecule has 0 radical (unpaired) electrons. The van der Waals surface area contributed by atoms with Crippen LogP contribution in [0.3, 0.4) is 0 Å². The minimum Gasteiger partial charge on any atom is -0.465 e. The molecule has 25 heavy (non-hydrogen) atoms. The Balaban J connectivity index is 1.68. The number of hydrogen-bond acceptors (Lipinski definition) is 6. The highest BCUT2D eigenvalue weighted by Crippen LogP contribution is 2.27. The third-order valence-corrected chi connectivity index (χ3v) is 5.55. The molecule has 1 amide bonds. The summed E-state index contributed by atoms with van der Waals surface area (Å²) >= 11 is 6.21. The number of aromatic nitrogens is 1. The van der Waals surface area contributed by atoms with Gasteiger partial charge in [-0.3, -0.25) is 4.79 Å². The summed E-state index contributed by atoms with van der Waals surface area (Å²) in [6, 6.07) is 9.47. The quantitative estimate of drug-likeness (QED) is 0.593. The smallest absolute Gasteiger partial charge is 0.340 e. The number of hydrogen-bond donors (Lipinski definition) is 1. The topological polar surface area (TPSA) is 68.3 Å². The molecule has 2 heterocycles. The van der Waals surface area contributed by atoms with E-state index in [1.807, 2.05) is 29.6 Å². The summed E-state index contributed by atoms with van der Waals surface area (Å²) in [5, 5.41) is 7.69. The number of methoxy groups -OCH3 is 1. The molecule has 0 fully saturated rings. The lowest BCUT2D eigenvalue weighted by molar-refractivity contribution is -0.115. The average Bonchev–Trinajstić information content (AvgIpc) is 3.23. The molecule has 0 aliphatic rings. The van der Waals surface area contributed by atoms with E-state index in [9.17, 15) is 9.59 Å². The van der Waals surface area contributed by atoms with Crippen LogP contribution in [0.4, 0.5) is 5.00 Å². The highest BCUT2D eigenvalue weighted by molar-refractivity contribution is 9.10. The van der Waals surface area contributed by atoms with Crippen LogP contribution in [0.1, 0.15) is 16.1 Å². The summed E-state index contributed by atoms with van der Waals surface area (Å²) < 4.78 is 5.68. The van der Waals surface area contributed by atoms with Crippen molar-refractivity contribution in [1.82, 2.24) is 4.98 Å². The molecule has 0 unspecified atom stereocenters. The molecule has 3 rings (SSSR count). The van der Waals surface area contributed by atoms with Crippen molar-refractivity contribution in [1.29, 1.82) is 0 Å². The molecule has 0 aliphatic carbocycles. The molecule has 5 nitrogen and oxygen atoms in total. The van der Waals surface area contributed by atoms with E-state index in [0.717, 1.165) is 15.0 Å². The number of benzene rings is 1. The van der Waals surface area contributed by atoms with E-state index in [1.54, 1.807) is 11.4 Å². The van der Waals surface area contributed by atoms with E-state index in [1.165, 1.54) is 29.8 Å². The van der Waals surface area contributed by atoms with E-state index >= 15 is 0 Å². The van der Waals surface area contributed by atoms with Crippen molar-refractivity contribution in [2.24, 2.45) is 0 Å². The van der Waals surface area contributed by atoms with Crippen molar-refractivity contribution in [3.8, 4) is 10.6 Å². The maximum absolute atomic E-state index is 12.2. The number of amides is 1. The predicted molar refractivity (Wildman–Crippen MR) is 103 cm³/mol. The average molecular weight is 437 g/mol. The van der Waals surface area contributed by atoms with Crippen LogP contribution >= 0.6 is 38.6 Å². The highest BCUT2D eigenvalue weighted by Gasteiger charge is 2.16. The zero-order chi connectivity index (χ0) is 17.8. The van der Waals surface area contributed by atoms with Gasteiger partial charge < -0.3 is 10.1 Å². The van der Waals surface area contributed by atoms with Gasteiger partial charge in [0.2, 0.25) is 5.91 Å². The second kappa shape index (κ2) is 7.90. The minimum atomic E-state index is -0.470. The standard InChI is InChI=1S/C17H13BrN2O3S2/c1-23-17(22)13-5-6-24-16(13)20-14(21)8-12-9-25-15(19-12)10-3-2-4-11(18)7-10/h2-7,9H,8H2,1H3,(H,20,21). The maximum atomic E-state index is 12.2. The molecule has 128 valence electrons. The first-order valence-electron chi connectivity index (χ1n) is 7.23. The molecule has 0 aliphatic heterocycles. The number of nitrogens with zero attached hydrogens (tertiary/aromatic N) is 1. The van der Waals surface area contributed by atoms with Gasteiger partial charge >= 0.3 is 5.97 Å². The molecule has 2 aromatic heterocycles. The van der Waals surface area contributed by atoms with Crippen LogP contribution in [0, 0.1) is 0 Å². The van der Waals surface area contributed by atoms with Crippen LogP contribution in [0.2, 0.25) is 0 Å². The molecule has 0 saturated heterocycles. The summed E-state index contributed by atoms with van der Waals surface area (Å²) in [5.41, 5.74) is 2.04. The van der Waals surface area contributed by atoms with E-state index in [-0.39, 0.29) is 12.3 Å². The third kappa shape index (κ3) is 4.33. The molecular formula is C17H13BrN2O3S2. The number of anilines is 1. The number of ether oxygens (including phenoxy) is 1. The molecule has 8 heteroatoms. The molecule has 0 saturated carbocycles. The zero-order valence-electron chi connectivity index (χ0n) is 13.1. The molecular weight excluding hydrogens is 424 g/mol. The van der Waals surface area contributed by atoms with E-state index < -0.39 is 5.97 Å². The van der Waals surface area contributed by atoms with Crippen LogP contribution < -0.4 is 5.32 Å². The lowest BCUT2D eigenvalue weighted by Gasteiger charge is -2.04. The molecule has 0 spiro atoms. The van der Waals surface area contributed by atoms with Gasteiger partial charge in [-0.2, -0.15) is 0 Å². The van der Waals surface area contributed by atoms with Crippen molar-refractivity contribution in [2.75, 3.05) is 12.4 Å². The second-order valence-electron chi connectivity index (χ2n) is 5.03. The summed E-state index contributed by atoms with van der Waals surface area (Å²) in [6.45, 7) is 0. The fourth-order valence-electron chi connectivity index (χ4n) is 2.15. The van der Waals surface area contributed by atoms with Gasteiger partial charge in [0.25, 0.3) is 0 Å². The van der Waals surface area contributed by atoms with Crippen molar-refractivity contribution in [3.05, 3.63) is 56.8 Å². The van der Waals surface area contributed by atoms with Crippen molar-refractivity contribution >= 4 is 55.5 Å². The molecule has 3 aromatic rings. The number of thiazole rings is 1. The van der Waals surface area contributed by atoms with Gasteiger partial charge in [0, 0.05) is 15.4 Å².